The first kappa shape index (κ1) is 22.2. The van der Waals surface area contributed by atoms with E-state index in [0.717, 1.165) is 5.56 Å². The molecular formula is C25H28N2O4. The molecule has 0 saturated heterocycles. The van der Waals surface area contributed by atoms with Crippen LogP contribution in [0.15, 0.2) is 71.9 Å². The average Bonchev–Trinajstić information content (AvgIpc) is 2.78. The molecule has 3 rings (SSSR count). The predicted octanol–water partition coefficient (Wildman–Crippen LogP) is 4.47. The maximum Gasteiger partial charge on any atom is 0.279 e. The van der Waals surface area contributed by atoms with Crippen molar-refractivity contribution in [3.63, 3.8) is 0 Å². The van der Waals surface area contributed by atoms with Crippen LogP contribution in [-0.4, -0.2) is 30.3 Å². The number of carbonyl (C=O) groups is 1. The van der Waals surface area contributed by atoms with Crippen LogP contribution >= 0.6 is 0 Å². The standard InChI is InChI=1S/C25H28N2O4/c1-4-29-21-16-20(17-22(30-5-2)24(21)31-6-3)25(28)26-23-14-10-11-15-27(23)18-19-12-8-7-9-13-19/h7-17H,4-6,18H2,1-3H3. The third-order valence-electron chi connectivity index (χ3n) is 4.48. The normalized spacial score (nSPS) is 11.3. The molecule has 1 heterocycles. The lowest BCUT2D eigenvalue weighted by atomic mass is 10.1. The van der Waals surface area contributed by atoms with Gasteiger partial charge in [0.25, 0.3) is 5.91 Å². The lowest BCUT2D eigenvalue weighted by Gasteiger charge is -2.16. The molecule has 0 aliphatic rings. The molecule has 6 heteroatoms. The number of amides is 1. The lowest BCUT2D eigenvalue weighted by molar-refractivity contribution is 0.0996. The fourth-order valence-corrected chi connectivity index (χ4v) is 3.16. The summed E-state index contributed by atoms with van der Waals surface area (Å²) in [4.78, 5) is 17.4. The summed E-state index contributed by atoms with van der Waals surface area (Å²) in [7, 11) is 0. The van der Waals surface area contributed by atoms with Crippen LogP contribution in [0.4, 0.5) is 0 Å². The molecule has 2 aromatic carbocycles. The van der Waals surface area contributed by atoms with Gasteiger partial charge in [-0.05, 0) is 50.6 Å². The van der Waals surface area contributed by atoms with Crippen molar-refractivity contribution >= 4 is 5.91 Å². The molecule has 0 saturated carbocycles. The van der Waals surface area contributed by atoms with Crippen molar-refractivity contribution < 1.29 is 19.0 Å². The summed E-state index contributed by atoms with van der Waals surface area (Å²) in [6.07, 6.45) is 1.91. The highest BCUT2D eigenvalue weighted by atomic mass is 16.5. The van der Waals surface area contributed by atoms with Crippen molar-refractivity contribution in [3.05, 3.63) is 83.5 Å². The fourth-order valence-electron chi connectivity index (χ4n) is 3.16. The summed E-state index contributed by atoms with van der Waals surface area (Å²) in [5.41, 5.74) is 2.08. The summed E-state index contributed by atoms with van der Waals surface area (Å²) in [5.74, 6) is 1.07. The van der Waals surface area contributed by atoms with Crippen LogP contribution in [0.5, 0.6) is 17.2 Å². The van der Waals surface area contributed by atoms with Crippen molar-refractivity contribution in [2.24, 2.45) is 4.99 Å². The first-order valence-corrected chi connectivity index (χ1v) is 10.5. The Balaban J connectivity index is 2.00. The molecule has 0 fully saturated rings. The largest absolute Gasteiger partial charge is 0.490 e. The second-order valence-electron chi connectivity index (χ2n) is 6.69. The molecule has 3 aromatic rings. The molecule has 162 valence electrons. The van der Waals surface area contributed by atoms with E-state index in [9.17, 15) is 4.79 Å². The zero-order chi connectivity index (χ0) is 22.1. The van der Waals surface area contributed by atoms with Crippen molar-refractivity contribution in [1.29, 1.82) is 0 Å². The predicted molar refractivity (Wildman–Crippen MR) is 120 cm³/mol. The highest BCUT2D eigenvalue weighted by Gasteiger charge is 2.18. The SMILES string of the molecule is CCOc1cc(C(=O)N=c2ccccn2Cc2ccccc2)cc(OCC)c1OCC. The Morgan fingerprint density at radius 1 is 0.839 bits per heavy atom. The van der Waals surface area contributed by atoms with Gasteiger partial charge >= 0.3 is 0 Å². The van der Waals surface area contributed by atoms with E-state index in [2.05, 4.69) is 4.99 Å². The Morgan fingerprint density at radius 2 is 1.45 bits per heavy atom. The van der Waals surface area contributed by atoms with Gasteiger partial charge in [0.15, 0.2) is 11.5 Å². The van der Waals surface area contributed by atoms with Crippen LogP contribution in [0.2, 0.25) is 0 Å². The molecule has 1 aromatic heterocycles. The molecule has 1 amide bonds. The van der Waals surface area contributed by atoms with Gasteiger partial charge in [-0.25, -0.2) is 0 Å². The van der Waals surface area contributed by atoms with Gasteiger partial charge in [0.2, 0.25) is 5.75 Å². The van der Waals surface area contributed by atoms with Gasteiger partial charge in [-0.3, -0.25) is 4.79 Å². The number of ether oxygens (including phenoxy) is 3. The van der Waals surface area contributed by atoms with E-state index in [-0.39, 0.29) is 5.91 Å². The van der Waals surface area contributed by atoms with Crippen LogP contribution in [0, 0.1) is 0 Å². The second kappa shape index (κ2) is 11.0. The first-order chi connectivity index (χ1) is 15.2. The topological polar surface area (TPSA) is 62.0 Å². The number of nitrogens with zero attached hydrogens (tertiary/aromatic N) is 2. The number of carbonyl (C=O) groups excluding carboxylic acids is 1. The van der Waals surface area contributed by atoms with Crippen LogP contribution in [0.1, 0.15) is 36.7 Å². The van der Waals surface area contributed by atoms with E-state index >= 15 is 0 Å². The number of aromatic nitrogens is 1. The highest BCUT2D eigenvalue weighted by molar-refractivity contribution is 5.96. The van der Waals surface area contributed by atoms with E-state index in [1.807, 2.05) is 80.1 Å². The van der Waals surface area contributed by atoms with Gasteiger partial charge in [0, 0.05) is 18.3 Å². The first-order valence-electron chi connectivity index (χ1n) is 10.5. The smallest absolute Gasteiger partial charge is 0.279 e. The Kier molecular flexibility index (Phi) is 7.87. The van der Waals surface area contributed by atoms with Crippen molar-refractivity contribution in [1.82, 2.24) is 4.57 Å². The molecule has 0 bridgehead atoms. The molecule has 0 aliphatic carbocycles. The minimum Gasteiger partial charge on any atom is -0.490 e. The van der Waals surface area contributed by atoms with E-state index in [0.29, 0.717) is 54.7 Å². The minimum atomic E-state index is -0.377. The number of benzene rings is 2. The average molecular weight is 421 g/mol. The molecule has 6 nitrogen and oxygen atoms in total. The van der Waals surface area contributed by atoms with Gasteiger partial charge in [-0.2, -0.15) is 4.99 Å². The molecule has 0 N–H and O–H groups in total. The van der Waals surface area contributed by atoms with Crippen molar-refractivity contribution in [2.45, 2.75) is 27.3 Å². The van der Waals surface area contributed by atoms with E-state index < -0.39 is 0 Å². The monoisotopic (exact) mass is 420 g/mol. The van der Waals surface area contributed by atoms with Crippen LogP contribution in [0.25, 0.3) is 0 Å². The summed E-state index contributed by atoms with van der Waals surface area (Å²) >= 11 is 0. The van der Waals surface area contributed by atoms with Crippen LogP contribution in [0.3, 0.4) is 0 Å². The quantitative estimate of drug-likeness (QED) is 0.512. The van der Waals surface area contributed by atoms with E-state index in [4.69, 9.17) is 14.2 Å². The number of rotatable bonds is 9. The lowest BCUT2D eigenvalue weighted by Crippen LogP contribution is -2.22. The fraction of sp³-hybridized carbons (Fsp3) is 0.280. The molecule has 0 aliphatic heterocycles. The summed E-state index contributed by atoms with van der Waals surface area (Å²) in [6, 6.07) is 19.0. The summed E-state index contributed by atoms with van der Waals surface area (Å²) in [5, 5.41) is 0. The van der Waals surface area contributed by atoms with Crippen molar-refractivity contribution in [2.75, 3.05) is 19.8 Å². The Bertz CT molecular complexity index is 1050. The molecule has 0 unspecified atom stereocenters. The number of hydrogen-bond acceptors (Lipinski definition) is 4. The van der Waals surface area contributed by atoms with Crippen LogP contribution < -0.4 is 19.7 Å². The third-order valence-corrected chi connectivity index (χ3v) is 4.48. The molecule has 0 atom stereocenters. The van der Waals surface area contributed by atoms with Gasteiger partial charge in [-0.15, -0.1) is 0 Å². The molecule has 31 heavy (non-hydrogen) atoms. The number of hydrogen-bond donors (Lipinski definition) is 0. The van der Waals surface area contributed by atoms with Gasteiger partial charge in [-0.1, -0.05) is 36.4 Å². The van der Waals surface area contributed by atoms with Gasteiger partial charge in [0.05, 0.1) is 19.8 Å². The summed E-state index contributed by atoms with van der Waals surface area (Å²) < 4.78 is 19.1. The van der Waals surface area contributed by atoms with Crippen molar-refractivity contribution in [3.8, 4) is 17.2 Å². The molecule has 0 spiro atoms. The number of pyridine rings is 1. The highest BCUT2D eigenvalue weighted by Crippen LogP contribution is 2.39. The zero-order valence-electron chi connectivity index (χ0n) is 18.2. The maximum absolute atomic E-state index is 13.1. The maximum atomic E-state index is 13.1. The van der Waals surface area contributed by atoms with Gasteiger partial charge < -0.3 is 18.8 Å². The molecule has 0 radical (unpaired) electrons. The van der Waals surface area contributed by atoms with E-state index in [1.54, 1.807) is 12.1 Å². The van der Waals surface area contributed by atoms with Crippen LogP contribution in [-0.2, 0) is 6.54 Å². The summed E-state index contributed by atoms with van der Waals surface area (Å²) in [6.45, 7) is 7.61. The third kappa shape index (κ3) is 5.75. The zero-order valence-corrected chi connectivity index (χ0v) is 18.2. The minimum absolute atomic E-state index is 0.377. The molecular weight excluding hydrogens is 392 g/mol. The Morgan fingerprint density at radius 3 is 2.06 bits per heavy atom. The Hall–Kier alpha value is -3.54. The van der Waals surface area contributed by atoms with Gasteiger partial charge in [0.1, 0.15) is 5.49 Å². The Labute approximate surface area is 182 Å². The second-order valence-corrected chi connectivity index (χ2v) is 6.69. The van der Waals surface area contributed by atoms with E-state index in [1.165, 1.54) is 0 Å².